The molecule has 0 bridgehead atoms. The van der Waals surface area contributed by atoms with Crippen LogP contribution in [0.4, 0.5) is 15.8 Å². The van der Waals surface area contributed by atoms with Crippen LogP contribution in [-0.2, 0) is 12.0 Å². The molecule has 2 aliphatic heterocycles. The van der Waals surface area contributed by atoms with Crippen LogP contribution in [0.3, 0.4) is 0 Å². The van der Waals surface area contributed by atoms with E-state index in [2.05, 4.69) is 38.5 Å². The summed E-state index contributed by atoms with van der Waals surface area (Å²) in [6, 6.07) is 17.3. The molecule has 0 unspecified atom stereocenters. The highest BCUT2D eigenvalue weighted by atomic mass is 35.5. The molecule has 2 aromatic carbocycles. The first-order valence-corrected chi connectivity index (χ1v) is 14.0. The number of halogens is 2. The zero-order chi connectivity index (χ0) is 28.7. The molecule has 0 spiro atoms. The number of pyridine rings is 1. The Labute approximate surface area is 244 Å². The molecule has 0 atom stereocenters. The van der Waals surface area contributed by atoms with Gasteiger partial charge in [-0.3, -0.25) is 0 Å². The zero-order valence-corrected chi connectivity index (χ0v) is 24.2. The van der Waals surface area contributed by atoms with Crippen molar-refractivity contribution in [3.05, 3.63) is 113 Å². The van der Waals surface area contributed by atoms with Crippen molar-refractivity contribution in [1.29, 1.82) is 0 Å². The molecule has 1 fully saturated rings. The molecule has 0 aliphatic carbocycles. The molecule has 210 valence electrons. The molecule has 2 aromatic heterocycles. The third kappa shape index (κ3) is 5.25. The maximum Gasteiger partial charge on any atom is 0.237 e. The van der Waals surface area contributed by atoms with Crippen molar-refractivity contribution in [2.24, 2.45) is 0 Å². The number of aromatic nitrogens is 3. The van der Waals surface area contributed by atoms with Gasteiger partial charge in [-0.1, -0.05) is 59.7 Å². The van der Waals surface area contributed by atoms with Gasteiger partial charge in [0.25, 0.3) is 0 Å². The highest BCUT2D eigenvalue weighted by molar-refractivity contribution is 6.29. The predicted molar refractivity (Wildman–Crippen MR) is 161 cm³/mol. The lowest BCUT2D eigenvalue weighted by Crippen LogP contribution is -2.44. The Morgan fingerprint density at radius 1 is 1.02 bits per heavy atom. The van der Waals surface area contributed by atoms with Crippen LogP contribution in [0, 0.1) is 5.82 Å². The van der Waals surface area contributed by atoms with Crippen LogP contribution >= 0.6 is 11.6 Å². The summed E-state index contributed by atoms with van der Waals surface area (Å²) in [6.45, 7) is 12.2. The number of hydrogen-bond acceptors (Lipinski definition) is 7. The smallest absolute Gasteiger partial charge is 0.237 e. The van der Waals surface area contributed by atoms with Crippen LogP contribution in [0.15, 0.2) is 78.1 Å². The van der Waals surface area contributed by atoms with Crippen molar-refractivity contribution in [3.63, 3.8) is 0 Å². The summed E-state index contributed by atoms with van der Waals surface area (Å²) in [5.41, 5.74) is 4.96. The Bertz CT molecular complexity index is 1610. The van der Waals surface area contributed by atoms with Crippen LogP contribution in [-0.4, -0.2) is 53.3 Å². The Balaban J connectivity index is 1.40. The Morgan fingerprint density at radius 3 is 2.49 bits per heavy atom. The maximum absolute atomic E-state index is 15.7. The van der Waals surface area contributed by atoms with Crippen LogP contribution in [0.1, 0.15) is 42.3 Å². The van der Waals surface area contributed by atoms with Crippen molar-refractivity contribution in [2.45, 2.75) is 25.8 Å². The third-order valence-corrected chi connectivity index (χ3v) is 8.22. The Hall–Kier alpha value is -4.01. The van der Waals surface area contributed by atoms with E-state index in [9.17, 15) is 0 Å². The number of piperazine rings is 1. The Morgan fingerprint density at radius 2 is 1.78 bits per heavy atom. The van der Waals surface area contributed by atoms with E-state index in [0.717, 1.165) is 43.0 Å². The van der Waals surface area contributed by atoms with E-state index in [-0.39, 0.29) is 5.82 Å². The number of likely N-dealkylation sites (N-methyl/N-ethyl adjacent to an activating group) is 1. The summed E-state index contributed by atoms with van der Waals surface area (Å²) in [6.07, 6.45) is 3.72. The first-order valence-electron chi connectivity index (χ1n) is 13.7. The van der Waals surface area contributed by atoms with Gasteiger partial charge < -0.3 is 19.2 Å². The minimum absolute atomic E-state index is 0.275. The summed E-state index contributed by atoms with van der Waals surface area (Å²) in [5, 5.41) is 4.78. The minimum atomic E-state index is -0.501. The molecule has 9 heteroatoms. The third-order valence-electron chi connectivity index (χ3n) is 7.99. The van der Waals surface area contributed by atoms with E-state index in [1.165, 1.54) is 0 Å². The molecule has 7 nitrogen and oxygen atoms in total. The molecule has 41 heavy (non-hydrogen) atoms. The van der Waals surface area contributed by atoms with Crippen molar-refractivity contribution in [2.75, 3.05) is 43.0 Å². The van der Waals surface area contributed by atoms with Gasteiger partial charge in [0, 0.05) is 56.3 Å². The average Bonchev–Trinajstić information content (AvgIpc) is 3.48. The van der Waals surface area contributed by atoms with E-state index >= 15 is 4.39 Å². The number of nitrogens with zero attached hydrogens (tertiary/aromatic N) is 6. The number of rotatable bonds is 6. The van der Waals surface area contributed by atoms with E-state index in [1.807, 2.05) is 62.5 Å². The van der Waals surface area contributed by atoms with Crippen molar-refractivity contribution in [1.82, 2.24) is 20.0 Å². The molecule has 2 aliphatic rings. The normalized spacial score (nSPS) is 16.1. The monoisotopic (exact) mass is 570 g/mol. The molecule has 4 heterocycles. The van der Waals surface area contributed by atoms with Gasteiger partial charge in [-0.2, -0.15) is 4.98 Å². The van der Waals surface area contributed by atoms with Gasteiger partial charge in [-0.25, -0.2) is 9.37 Å². The second-order valence-electron chi connectivity index (χ2n) is 11.2. The molecule has 0 N–H and O–H groups in total. The fraction of sp³-hybridized carbons (Fsp3) is 0.281. The summed E-state index contributed by atoms with van der Waals surface area (Å²) in [4.78, 5) is 15.5. The number of fused-ring (bicyclic) bond motifs is 1. The summed E-state index contributed by atoms with van der Waals surface area (Å²) >= 11 is 6.05. The lowest BCUT2D eigenvalue weighted by molar-refractivity contribution is 0.311. The van der Waals surface area contributed by atoms with Crippen LogP contribution in [0.2, 0.25) is 5.15 Å². The van der Waals surface area contributed by atoms with E-state index in [0.29, 0.717) is 45.8 Å². The molecule has 0 amide bonds. The highest BCUT2D eigenvalue weighted by Gasteiger charge is 2.33. The topological polar surface area (TPSA) is 61.5 Å². The summed E-state index contributed by atoms with van der Waals surface area (Å²) < 4.78 is 21.5. The number of allylic oxidation sites excluding steroid dienone is 2. The fourth-order valence-electron chi connectivity index (χ4n) is 5.35. The van der Waals surface area contributed by atoms with Gasteiger partial charge in [-0.15, -0.1) is 0 Å². The Kier molecular flexibility index (Phi) is 7.13. The first-order chi connectivity index (χ1) is 19.7. The summed E-state index contributed by atoms with van der Waals surface area (Å²) in [7, 11) is 2.09. The number of benzene rings is 2. The zero-order valence-electron chi connectivity index (χ0n) is 23.4. The maximum atomic E-state index is 15.7. The lowest BCUT2D eigenvalue weighted by atomic mass is 9.84. The quantitative estimate of drug-likeness (QED) is 0.248. The van der Waals surface area contributed by atoms with Gasteiger partial charge in [0.2, 0.25) is 11.7 Å². The largest absolute Gasteiger partial charge is 0.367 e. The molecule has 0 radical (unpaired) electrons. The molecular weight excluding hydrogens is 539 g/mol. The first kappa shape index (κ1) is 27.2. The van der Waals surface area contributed by atoms with Crippen LogP contribution < -0.4 is 9.80 Å². The van der Waals surface area contributed by atoms with Crippen molar-refractivity contribution >= 4 is 34.1 Å². The lowest BCUT2D eigenvalue weighted by Gasteiger charge is -2.36. The second kappa shape index (κ2) is 10.8. The average molecular weight is 571 g/mol. The van der Waals surface area contributed by atoms with Gasteiger partial charge >= 0.3 is 0 Å². The van der Waals surface area contributed by atoms with Crippen LogP contribution in [0.5, 0.6) is 0 Å². The van der Waals surface area contributed by atoms with E-state index in [1.54, 1.807) is 18.3 Å². The van der Waals surface area contributed by atoms with Gasteiger partial charge in [0.1, 0.15) is 11.0 Å². The molecule has 6 rings (SSSR count). The minimum Gasteiger partial charge on any atom is -0.367 e. The van der Waals surface area contributed by atoms with Crippen molar-refractivity contribution in [3.8, 4) is 0 Å². The van der Waals surface area contributed by atoms with Gasteiger partial charge in [0.05, 0.1) is 16.8 Å². The molecular formula is C32H32ClFN6O. The van der Waals surface area contributed by atoms with E-state index < -0.39 is 5.41 Å². The fourth-order valence-corrected chi connectivity index (χ4v) is 5.47. The molecule has 1 saturated heterocycles. The number of anilines is 2. The SMILES string of the molecule is C=C1C(c2noc(C(C)(C)c3ccccc3)n2)=CN(Cc2ccc(Cl)nc2)c2cc(N3CCN(C)CC3)c(F)cc21. The molecule has 0 saturated carbocycles. The predicted octanol–water partition coefficient (Wildman–Crippen LogP) is 6.41. The second-order valence-corrected chi connectivity index (χ2v) is 11.6. The van der Waals surface area contributed by atoms with Gasteiger partial charge in [-0.05, 0) is 55.8 Å². The summed E-state index contributed by atoms with van der Waals surface area (Å²) in [5.74, 6) is 0.619. The van der Waals surface area contributed by atoms with E-state index in [4.69, 9.17) is 21.1 Å². The van der Waals surface area contributed by atoms with Crippen molar-refractivity contribution < 1.29 is 8.91 Å². The highest BCUT2D eigenvalue weighted by Crippen LogP contribution is 2.44. The standard InChI is InChI=1S/C32H32ClFN6O/c1-21-24-16-26(34)28(39-14-12-38(4)13-15-39)17-27(24)40(19-22-10-11-29(33)35-18-22)20-25(21)30-36-31(41-37-30)32(2,3)23-8-6-5-7-9-23/h5-11,16-18,20H,1,12-15,19H2,2-4H3. The number of hydrogen-bond donors (Lipinski definition) is 0. The molecule has 4 aromatic rings. The van der Waals surface area contributed by atoms with Gasteiger partial charge in [0.15, 0.2) is 0 Å². The van der Waals surface area contributed by atoms with Crippen LogP contribution in [0.25, 0.3) is 11.1 Å².